The molecular formula is C22H36F3IN6. The Morgan fingerprint density at radius 3 is 2.28 bits per heavy atom. The summed E-state index contributed by atoms with van der Waals surface area (Å²) < 4.78 is 38.1. The van der Waals surface area contributed by atoms with E-state index in [1.165, 1.54) is 0 Å². The quantitative estimate of drug-likeness (QED) is 0.301. The molecule has 0 amide bonds. The number of benzene rings is 1. The molecule has 3 rings (SSSR count). The Kier molecular flexibility index (Phi) is 11.0. The number of halogens is 4. The molecule has 32 heavy (non-hydrogen) atoms. The van der Waals surface area contributed by atoms with Gasteiger partial charge in [0.2, 0.25) is 0 Å². The highest BCUT2D eigenvalue weighted by molar-refractivity contribution is 14.0. The summed E-state index contributed by atoms with van der Waals surface area (Å²) in [6.45, 7) is 12.1. The van der Waals surface area contributed by atoms with Crippen LogP contribution in [0.3, 0.4) is 0 Å². The molecule has 0 saturated carbocycles. The lowest BCUT2D eigenvalue weighted by Gasteiger charge is -2.34. The molecule has 0 aliphatic carbocycles. The van der Waals surface area contributed by atoms with Crippen molar-refractivity contribution in [1.82, 2.24) is 25.3 Å². The fourth-order valence-corrected chi connectivity index (χ4v) is 4.20. The second-order valence-corrected chi connectivity index (χ2v) is 8.33. The second-order valence-electron chi connectivity index (χ2n) is 8.33. The molecule has 2 aliphatic heterocycles. The number of likely N-dealkylation sites (tertiary alicyclic amines) is 1. The zero-order chi connectivity index (χ0) is 22.3. The van der Waals surface area contributed by atoms with Crippen LogP contribution < -0.4 is 10.6 Å². The van der Waals surface area contributed by atoms with Crippen molar-refractivity contribution in [2.24, 2.45) is 4.99 Å². The molecule has 0 radical (unpaired) electrons. The van der Waals surface area contributed by atoms with E-state index in [1.807, 2.05) is 0 Å². The van der Waals surface area contributed by atoms with Gasteiger partial charge >= 0.3 is 6.18 Å². The van der Waals surface area contributed by atoms with E-state index >= 15 is 0 Å². The molecule has 2 heterocycles. The van der Waals surface area contributed by atoms with Gasteiger partial charge in [0, 0.05) is 72.0 Å². The van der Waals surface area contributed by atoms with Crippen LogP contribution in [0.1, 0.15) is 24.5 Å². The fourth-order valence-electron chi connectivity index (χ4n) is 4.20. The number of aliphatic imine (C=N–C) groups is 1. The molecule has 2 saturated heterocycles. The Morgan fingerprint density at radius 1 is 1.03 bits per heavy atom. The minimum absolute atomic E-state index is 0. The van der Waals surface area contributed by atoms with Crippen LogP contribution in [0, 0.1) is 0 Å². The maximum atomic E-state index is 12.7. The molecule has 10 heteroatoms. The minimum atomic E-state index is -4.28. The molecule has 1 atom stereocenters. The van der Waals surface area contributed by atoms with Crippen LogP contribution in [0.25, 0.3) is 0 Å². The Hall–Kier alpha value is -1.11. The Morgan fingerprint density at radius 2 is 1.69 bits per heavy atom. The standard InChI is InChI=1S/C22H35F3N6.HI/c1-3-29-12-14-30(15-13-29)11-9-27-21(26-2)28-20-8-10-31(17-20)16-18-4-6-19(7-5-18)22(23,24)25;/h4-7,20H,3,8-17H2,1-2H3,(H2,26,27,28);1H. The molecule has 1 unspecified atom stereocenters. The average Bonchev–Trinajstić information content (AvgIpc) is 3.20. The van der Waals surface area contributed by atoms with Crippen LogP contribution in [-0.2, 0) is 12.7 Å². The molecule has 2 fully saturated rings. The van der Waals surface area contributed by atoms with Crippen molar-refractivity contribution in [3.05, 3.63) is 35.4 Å². The maximum Gasteiger partial charge on any atom is 0.416 e. The van der Waals surface area contributed by atoms with Crippen LogP contribution in [0.2, 0.25) is 0 Å². The SMILES string of the molecule is CCN1CCN(CCNC(=NC)NC2CCN(Cc3ccc(C(F)(F)F)cc3)C2)CC1.I. The lowest BCUT2D eigenvalue weighted by Crippen LogP contribution is -2.50. The highest BCUT2D eigenvalue weighted by Crippen LogP contribution is 2.29. The molecule has 182 valence electrons. The normalized spacial score (nSPS) is 21.4. The van der Waals surface area contributed by atoms with Gasteiger partial charge in [0.05, 0.1) is 5.56 Å². The monoisotopic (exact) mass is 568 g/mol. The molecule has 1 aromatic carbocycles. The summed E-state index contributed by atoms with van der Waals surface area (Å²) in [7, 11) is 1.78. The number of likely N-dealkylation sites (N-methyl/N-ethyl adjacent to an activating group) is 1. The van der Waals surface area contributed by atoms with Crippen molar-refractivity contribution in [3.63, 3.8) is 0 Å². The summed E-state index contributed by atoms with van der Waals surface area (Å²) >= 11 is 0. The predicted octanol–water partition coefficient (Wildman–Crippen LogP) is 2.70. The third-order valence-electron chi connectivity index (χ3n) is 6.16. The molecule has 6 nitrogen and oxygen atoms in total. The summed E-state index contributed by atoms with van der Waals surface area (Å²) in [5.74, 6) is 0.813. The van der Waals surface area contributed by atoms with Gasteiger partial charge in [0.15, 0.2) is 5.96 Å². The molecule has 2 N–H and O–H groups in total. The van der Waals surface area contributed by atoms with Gasteiger partial charge in [-0.25, -0.2) is 0 Å². The van der Waals surface area contributed by atoms with Crippen LogP contribution >= 0.6 is 24.0 Å². The summed E-state index contributed by atoms with van der Waals surface area (Å²) in [5, 5.41) is 6.90. The number of hydrogen-bond acceptors (Lipinski definition) is 4. The Balaban J connectivity index is 0.00000363. The first-order chi connectivity index (χ1) is 14.9. The molecular weight excluding hydrogens is 532 g/mol. The lowest BCUT2D eigenvalue weighted by molar-refractivity contribution is -0.137. The first-order valence-corrected chi connectivity index (χ1v) is 11.2. The van der Waals surface area contributed by atoms with E-state index in [0.717, 1.165) is 89.0 Å². The fraction of sp³-hybridized carbons (Fsp3) is 0.682. The number of hydrogen-bond donors (Lipinski definition) is 2. The lowest BCUT2D eigenvalue weighted by atomic mass is 10.1. The first-order valence-electron chi connectivity index (χ1n) is 11.2. The van der Waals surface area contributed by atoms with Gasteiger partial charge in [0.1, 0.15) is 0 Å². The predicted molar refractivity (Wildman–Crippen MR) is 134 cm³/mol. The number of nitrogens with zero attached hydrogens (tertiary/aromatic N) is 4. The number of alkyl halides is 3. The average molecular weight is 568 g/mol. The third-order valence-corrected chi connectivity index (χ3v) is 6.16. The van der Waals surface area contributed by atoms with Gasteiger partial charge in [-0.1, -0.05) is 19.1 Å². The van der Waals surface area contributed by atoms with Gasteiger partial charge < -0.3 is 15.5 Å². The topological polar surface area (TPSA) is 46.1 Å². The molecule has 0 spiro atoms. The van der Waals surface area contributed by atoms with E-state index in [9.17, 15) is 13.2 Å². The minimum Gasteiger partial charge on any atom is -0.355 e. The van der Waals surface area contributed by atoms with Crippen LogP contribution in [0.15, 0.2) is 29.3 Å². The summed E-state index contributed by atoms with van der Waals surface area (Å²) in [6.07, 6.45) is -3.30. The van der Waals surface area contributed by atoms with Gasteiger partial charge in [-0.3, -0.25) is 14.8 Å². The second kappa shape index (κ2) is 13.0. The van der Waals surface area contributed by atoms with Crippen molar-refractivity contribution < 1.29 is 13.2 Å². The first kappa shape index (κ1) is 27.1. The maximum absolute atomic E-state index is 12.7. The number of guanidine groups is 1. The van der Waals surface area contributed by atoms with Crippen LogP contribution in [0.5, 0.6) is 0 Å². The van der Waals surface area contributed by atoms with Crippen LogP contribution in [0.4, 0.5) is 13.2 Å². The number of rotatable bonds is 7. The molecule has 0 bridgehead atoms. The van der Waals surface area contributed by atoms with E-state index in [0.29, 0.717) is 6.54 Å². The summed E-state index contributed by atoms with van der Waals surface area (Å²) in [4.78, 5) is 11.6. The van der Waals surface area contributed by atoms with Crippen molar-refractivity contribution in [2.75, 3.05) is 66.0 Å². The molecule has 2 aliphatic rings. The van der Waals surface area contributed by atoms with Crippen LogP contribution in [-0.4, -0.2) is 92.7 Å². The van der Waals surface area contributed by atoms with Gasteiger partial charge in [-0.05, 0) is 30.7 Å². The Labute approximate surface area is 206 Å². The highest BCUT2D eigenvalue weighted by atomic mass is 127. The van der Waals surface area contributed by atoms with Crippen molar-refractivity contribution in [3.8, 4) is 0 Å². The Bertz CT molecular complexity index is 705. The van der Waals surface area contributed by atoms with Gasteiger partial charge in [-0.15, -0.1) is 24.0 Å². The third kappa shape index (κ3) is 8.35. The highest BCUT2D eigenvalue weighted by Gasteiger charge is 2.30. The van der Waals surface area contributed by atoms with E-state index in [2.05, 4.69) is 37.2 Å². The van der Waals surface area contributed by atoms with Crippen molar-refractivity contribution in [2.45, 2.75) is 32.1 Å². The van der Waals surface area contributed by atoms with Gasteiger partial charge in [-0.2, -0.15) is 13.2 Å². The zero-order valence-electron chi connectivity index (χ0n) is 19.0. The summed E-state index contributed by atoms with van der Waals surface area (Å²) in [5.41, 5.74) is 0.304. The van der Waals surface area contributed by atoms with Crippen molar-refractivity contribution in [1.29, 1.82) is 0 Å². The largest absolute Gasteiger partial charge is 0.416 e. The number of nitrogens with one attached hydrogen (secondary N) is 2. The smallest absolute Gasteiger partial charge is 0.355 e. The van der Waals surface area contributed by atoms with E-state index in [4.69, 9.17) is 0 Å². The van der Waals surface area contributed by atoms with Gasteiger partial charge in [0.25, 0.3) is 0 Å². The summed E-state index contributed by atoms with van der Waals surface area (Å²) in [6, 6.07) is 5.76. The zero-order valence-corrected chi connectivity index (χ0v) is 21.3. The van der Waals surface area contributed by atoms with Crippen molar-refractivity contribution >= 4 is 29.9 Å². The molecule has 0 aromatic heterocycles. The van der Waals surface area contributed by atoms with E-state index in [1.54, 1.807) is 19.2 Å². The number of piperazine rings is 1. The molecule has 1 aromatic rings. The van der Waals surface area contributed by atoms with E-state index in [-0.39, 0.29) is 30.0 Å². The van der Waals surface area contributed by atoms with E-state index < -0.39 is 11.7 Å².